The number of methoxy groups -OCH3 is 1. The van der Waals surface area contributed by atoms with Crippen LogP contribution >= 0.6 is 11.6 Å². The number of nitrogens with one attached hydrogen (secondary N) is 2. The Balaban J connectivity index is 1.23. The summed E-state index contributed by atoms with van der Waals surface area (Å²) in [5, 5.41) is 15.1. The van der Waals surface area contributed by atoms with Crippen molar-refractivity contribution in [1.82, 2.24) is 34.8 Å². The quantitative estimate of drug-likeness (QED) is 0.336. The zero-order chi connectivity index (χ0) is 25.1. The van der Waals surface area contributed by atoms with Crippen LogP contribution in [0.3, 0.4) is 0 Å². The first-order valence-electron chi connectivity index (χ1n) is 11.2. The minimum atomic E-state index is -0.301. The molecule has 5 rings (SSSR count). The molecule has 0 saturated carbocycles. The Bertz CT molecular complexity index is 1600. The predicted molar refractivity (Wildman–Crippen MR) is 135 cm³/mol. The van der Waals surface area contributed by atoms with E-state index in [4.69, 9.17) is 16.3 Å². The monoisotopic (exact) mass is 503 g/mol. The number of hydrogen-bond donors (Lipinski definition) is 2. The number of aromatic amines is 1. The molecule has 36 heavy (non-hydrogen) atoms. The van der Waals surface area contributed by atoms with Crippen LogP contribution in [0.5, 0.6) is 5.75 Å². The molecule has 0 saturated heterocycles. The van der Waals surface area contributed by atoms with E-state index < -0.39 is 0 Å². The Morgan fingerprint density at radius 2 is 2.03 bits per heavy atom. The normalized spacial score (nSPS) is 11.1. The standard InChI is InChI=1S/C25H22ClN7O3/c1-36-19-7-3-5-17(11-19)21-12-22(31-30-21)24(34)27-8-9-33-23-20(13-29-33)25(35)32(15-28-23)14-16-4-2-6-18(26)10-16/h2-7,10-13,15H,8-9,14H2,1H3,(H,27,34)(H,30,31). The summed E-state index contributed by atoms with van der Waals surface area (Å²) >= 11 is 6.04. The maximum Gasteiger partial charge on any atom is 0.269 e. The molecule has 0 aliphatic rings. The molecule has 0 spiro atoms. The van der Waals surface area contributed by atoms with E-state index >= 15 is 0 Å². The van der Waals surface area contributed by atoms with E-state index in [-0.39, 0.29) is 18.0 Å². The fourth-order valence-corrected chi connectivity index (χ4v) is 4.06. The molecular formula is C25H22ClN7O3. The van der Waals surface area contributed by atoms with Gasteiger partial charge in [0.2, 0.25) is 0 Å². The van der Waals surface area contributed by atoms with Crippen molar-refractivity contribution in [2.24, 2.45) is 0 Å². The molecule has 3 heterocycles. The van der Waals surface area contributed by atoms with E-state index in [1.54, 1.807) is 23.9 Å². The van der Waals surface area contributed by atoms with Crippen molar-refractivity contribution < 1.29 is 9.53 Å². The van der Waals surface area contributed by atoms with E-state index in [2.05, 4.69) is 25.6 Å². The highest BCUT2D eigenvalue weighted by molar-refractivity contribution is 6.30. The van der Waals surface area contributed by atoms with Crippen LogP contribution in [0.25, 0.3) is 22.3 Å². The van der Waals surface area contributed by atoms with Gasteiger partial charge in [-0.15, -0.1) is 0 Å². The SMILES string of the molecule is COc1cccc(-c2cc(C(=O)NCCn3ncc4c(=O)n(Cc5cccc(Cl)c5)cnc43)[nH]n2)c1. The highest BCUT2D eigenvalue weighted by Gasteiger charge is 2.13. The number of carbonyl (C=O) groups is 1. The van der Waals surface area contributed by atoms with Gasteiger partial charge in [0.05, 0.1) is 32.1 Å². The molecule has 0 atom stereocenters. The van der Waals surface area contributed by atoms with Crippen molar-refractivity contribution in [3.8, 4) is 17.0 Å². The maximum atomic E-state index is 12.9. The summed E-state index contributed by atoms with van der Waals surface area (Å²) in [6.45, 7) is 0.985. The fraction of sp³-hybridized carbons (Fsp3) is 0.160. The number of rotatable bonds is 8. The summed E-state index contributed by atoms with van der Waals surface area (Å²) in [4.78, 5) is 29.9. The van der Waals surface area contributed by atoms with Gasteiger partial charge in [-0.3, -0.25) is 19.3 Å². The van der Waals surface area contributed by atoms with Crippen LogP contribution in [0.2, 0.25) is 5.02 Å². The maximum absolute atomic E-state index is 12.9. The summed E-state index contributed by atoms with van der Waals surface area (Å²) in [5.74, 6) is 0.405. The summed E-state index contributed by atoms with van der Waals surface area (Å²) < 4.78 is 8.34. The number of benzene rings is 2. The molecule has 10 nitrogen and oxygen atoms in total. The minimum Gasteiger partial charge on any atom is -0.497 e. The molecular weight excluding hydrogens is 482 g/mol. The number of amides is 1. The summed E-state index contributed by atoms with van der Waals surface area (Å²) in [5.41, 5.74) is 2.96. The summed E-state index contributed by atoms with van der Waals surface area (Å²) in [6.07, 6.45) is 2.99. The first-order chi connectivity index (χ1) is 17.5. The molecule has 0 bridgehead atoms. The predicted octanol–water partition coefficient (Wildman–Crippen LogP) is 3.12. The Labute approximate surface area is 210 Å². The third-order valence-electron chi connectivity index (χ3n) is 5.66. The summed E-state index contributed by atoms with van der Waals surface area (Å²) in [6, 6.07) is 16.4. The van der Waals surface area contributed by atoms with Crippen molar-refractivity contribution in [2.45, 2.75) is 13.1 Å². The Kier molecular flexibility index (Phi) is 6.50. The Hall–Kier alpha value is -4.44. The second kappa shape index (κ2) is 10.0. The third-order valence-corrected chi connectivity index (χ3v) is 5.90. The van der Waals surface area contributed by atoms with Crippen LogP contribution in [0.15, 0.2) is 71.9 Å². The highest BCUT2D eigenvalue weighted by atomic mass is 35.5. The molecule has 2 aromatic carbocycles. The number of halogens is 1. The molecule has 182 valence electrons. The number of aromatic nitrogens is 6. The topological polar surface area (TPSA) is 120 Å². The highest BCUT2D eigenvalue weighted by Crippen LogP contribution is 2.22. The number of fused-ring (bicyclic) bond motifs is 1. The number of carbonyl (C=O) groups excluding carboxylic acids is 1. The summed E-state index contributed by atoms with van der Waals surface area (Å²) in [7, 11) is 1.59. The number of H-pyrrole nitrogens is 1. The van der Waals surface area contributed by atoms with Crippen molar-refractivity contribution in [3.63, 3.8) is 0 Å². The van der Waals surface area contributed by atoms with Gasteiger partial charge in [-0.2, -0.15) is 10.2 Å². The zero-order valence-corrected chi connectivity index (χ0v) is 20.1. The van der Waals surface area contributed by atoms with E-state index in [1.165, 1.54) is 17.1 Å². The second-order valence-corrected chi connectivity index (χ2v) is 8.50. The van der Waals surface area contributed by atoms with Gasteiger partial charge < -0.3 is 10.1 Å². The average molecular weight is 504 g/mol. The smallest absolute Gasteiger partial charge is 0.269 e. The Morgan fingerprint density at radius 1 is 1.17 bits per heavy atom. The van der Waals surface area contributed by atoms with Gasteiger partial charge >= 0.3 is 0 Å². The lowest BCUT2D eigenvalue weighted by atomic mass is 10.1. The molecule has 11 heteroatoms. The van der Waals surface area contributed by atoms with Crippen LogP contribution in [-0.4, -0.2) is 49.1 Å². The van der Waals surface area contributed by atoms with Gasteiger partial charge in [0.25, 0.3) is 11.5 Å². The molecule has 2 N–H and O–H groups in total. The molecule has 0 fully saturated rings. The van der Waals surface area contributed by atoms with Crippen LogP contribution in [0.4, 0.5) is 0 Å². The van der Waals surface area contributed by atoms with E-state index in [0.29, 0.717) is 46.3 Å². The van der Waals surface area contributed by atoms with Crippen molar-refractivity contribution >= 4 is 28.5 Å². The number of hydrogen-bond acceptors (Lipinski definition) is 6. The van der Waals surface area contributed by atoms with Crippen LogP contribution in [0.1, 0.15) is 16.1 Å². The molecule has 0 aliphatic carbocycles. The van der Waals surface area contributed by atoms with Crippen molar-refractivity contribution in [1.29, 1.82) is 0 Å². The van der Waals surface area contributed by atoms with Gasteiger partial charge in [-0.1, -0.05) is 35.9 Å². The third kappa shape index (κ3) is 4.84. The lowest BCUT2D eigenvalue weighted by Gasteiger charge is -2.07. The van der Waals surface area contributed by atoms with E-state index in [9.17, 15) is 9.59 Å². The molecule has 0 radical (unpaired) electrons. The fourth-order valence-electron chi connectivity index (χ4n) is 3.84. The van der Waals surface area contributed by atoms with E-state index in [0.717, 1.165) is 11.1 Å². The number of nitrogens with zero attached hydrogens (tertiary/aromatic N) is 5. The second-order valence-electron chi connectivity index (χ2n) is 8.07. The molecule has 1 amide bonds. The Morgan fingerprint density at radius 3 is 2.86 bits per heavy atom. The first-order valence-corrected chi connectivity index (χ1v) is 11.5. The van der Waals surface area contributed by atoms with Gasteiger partial charge in [0.1, 0.15) is 23.2 Å². The lowest BCUT2D eigenvalue weighted by Crippen LogP contribution is -2.28. The van der Waals surface area contributed by atoms with Gasteiger partial charge in [-0.05, 0) is 35.9 Å². The van der Waals surface area contributed by atoms with Crippen molar-refractivity contribution in [3.05, 3.63) is 93.8 Å². The van der Waals surface area contributed by atoms with Crippen LogP contribution in [0, 0.1) is 0 Å². The van der Waals surface area contributed by atoms with Gasteiger partial charge in [0.15, 0.2) is 5.65 Å². The van der Waals surface area contributed by atoms with Crippen molar-refractivity contribution in [2.75, 3.05) is 13.7 Å². The van der Waals surface area contributed by atoms with Crippen LogP contribution < -0.4 is 15.6 Å². The van der Waals surface area contributed by atoms with Gasteiger partial charge in [-0.25, -0.2) is 9.67 Å². The molecule has 5 aromatic rings. The lowest BCUT2D eigenvalue weighted by molar-refractivity contribution is 0.0947. The number of ether oxygens (including phenoxy) is 1. The molecule has 0 aliphatic heterocycles. The average Bonchev–Trinajstić information content (AvgIpc) is 3.54. The largest absolute Gasteiger partial charge is 0.497 e. The molecule has 3 aromatic heterocycles. The molecule has 0 unspecified atom stereocenters. The first kappa shape index (κ1) is 23.3. The van der Waals surface area contributed by atoms with Crippen LogP contribution in [-0.2, 0) is 13.1 Å². The zero-order valence-electron chi connectivity index (χ0n) is 19.3. The van der Waals surface area contributed by atoms with E-state index in [1.807, 2.05) is 42.5 Å². The minimum absolute atomic E-state index is 0.196. The van der Waals surface area contributed by atoms with Gasteiger partial charge in [0, 0.05) is 17.1 Å².